The number of carbonyl (C=O) groups is 2. The van der Waals surface area contributed by atoms with Gasteiger partial charge in [0.15, 0.2) is 0 Å². The smallest absolute Gasteiger partial charge is 0.242 e. The van der Waals surface area contributed by atoms with E-state index in [0.29, 0.717) is 17.7 Å². The van der Waals surface area contributed by atoms with E-state index in [9.17, 15) is 14.0 Å². The van der Waals surface area contributed by atoms with Gasteiger partial charge in [0, 0.05) is 36.1 Å². The van der Waals surface area contributed by atoms with E-state index >= 15 is 0 Å². The van der Waals surface area contributed by atoms with Crippen LogP contribution >= 0.6 is 11.8 Å². The number of hydrogen-bond donors (Lipinski definition) is 1. The SMILES string of the molecule is CC[C@@H](C)NC(=O)[C@@H](C)N(Cc1ccccc1F)C(=O)CCSCc1ccccc1. The number of nitrogens with zero attached hydrogens (tertiary/aromatic N) is 1. The average Bonchev–Trinajstić information content (AvgIpc) is 2.76. The molecule has 2 atom stereocenters. The lowest BCUT2D eigenvalue weighted by Gasteiger charge is -2.30. The molecule has 0 bridgehead atoms. The number of benzene rings is 2. The molecule has 0 aliphatic carbocycles. The lowest BCUT2D eigenvalue weighted by molar-refractivity contribution is -0.140. The third kappa shape index (κ3) is 7.48. The molecule has 0 spiro atoms. The molecule has 0 unspecified atom stereocenters. The van der Waals surface area contributed by atoms with E-state index in [1.54, 1.807) is 36.9 Å². The van der Waals surface area contributed by atoms with Crippen molar-refractivity contribution in [2.45, 2.75) is 58.0 Å². The van der Waals surface area contributed by atoms with Crippen LogP contribution in [-0.2, 0) is 21.9 Å². The fourth-order valence-corrected chi connectivity index (χ4v) is 3.82. The van der Waals surface area contributed by atoms with Gasteiger partial charge in [-0.2, -0.15) is 11.8 Å². The van der Waals surface area contributed by atoms with E-state index in [2.05, 4.69) is 17.4 Å². The molecule has 0 aliphatic rings. The van der Waals surface area contributed by atoms with Crippen molar-refractivity contribution in [1.82, 2.24) is 10.2 Å². The third-order valence-electron chi connectivity index (χ3n) is 5.04. The Bertz CT molecular complexity index is 816. The van der Waals surface area contributed by atoms with Gasteiger partial charge in [0.1, 0.15) is 11.9 Å². The minimum Gasteiger partial charge on any atom is -0.352 e. The first-order valence-electron chi connectivity index (χ1n) is 10.4. The fourth-order valence-electron chi connectivity index (χ4n) is 2.93. The number of halogens is 1. The normalized spacial score (nSPS) is 12.8. The fraction of sp³-hybridized carbons (Fsp3) is 0.417. The summed E-state index contributed by atoms with van der Waals surface area (Å²) in [5, 5.41) is 2.92. The molecule has 2 aromatic carbocycles. The highest BCUT2D eigenvalue weighted by atomic mass is 32.2. The molecule has 30 heavy (non-hydrogen) atoms. The Morgan fingerprint density at radius 1 is 1.07 bits per heavy atom. The standard InChI is InChI=1S/C24H31FN2O2S/c1-4-18(2)26-24(29)19(3)27(16-21-12-8-9-13-22(21)25)23(28)14-15-30-17-20-10-6-5-7-11-20/h5-13,18-19H,4,14-17H2,1-3H3,(H,26,29)/t18-,19-/m1/s1. The second kappa shape index (κ2) is 12.4. The summed E-state index contributed by atoms with van der Waals surface area (Å²) < 4.78 is 14.2. The highest BCUT2D eigenvalue weighted by molar-refractivity contribution is 7.98. The number of nitrogens with one attached hydrogen (secondary N) is 1. The number of thioether (sulfide) groups is 1. The Morgan fingerprint density at radius 2 is 1.73 bits per heavy atom. The van der Waals surface area contributed by atoms with E-state index < -0.39 is 6.04 Å². The van der Waals surface area contributed by atoms with Gasteiger partial charge in [0.05, 0.1) is 0 Å². The van der Waals surface area contributed by atoms with Crippen LogP contribution in [0.1, 0.15) is 44.7 Å². The van der Waals surface area contributed by atoms with Gasteiger partial charge in [0.25, 0.3) is 0 Å². The zero-order valence-corrected chi connectivity index (χ0v) is 18.8. The van der Waals surface area contributed by atoms with Gasteiger partial charge in [-0.25, -0.2) is 4.39 Å². The van der Waals surface area contributed by atoms with Gasteiger partial charge in [-0.1, -0.05) is 55.5 Å². The summed E-state index contributed by atoms with van der Waals surface area (Å²) in [7, 11) is 0. The first-order valence-corrected chi connectivity index (χ1v) is 11.5. The Kier molecular flexibility index (Phi) is 9.87. The van der Waals surface area contributed by atoms with Gasteiger partial charge in [0.2, 0.25) is 11.8 Å². The highest BCUT2D eigenvalue weighted by Gasteiger charge is 2.27. The topological polar surface area (TPSA) is 49.4 Å². The van der Waals surface area contributed by atoms with Crippen LogP contribution in [0.25, 0.3) is 0 Å². The van der Waals surface area contributed by atoms with E-state index in [1.807, 2.05) is 32.0 Å². The largest absolute Gasteiger partial charge is 0.352 e. The first-order chi connectivity index (χ1) is 14.4. The van der Waals surface area contributed by atoms with Crippen molar-refractivity contribution < 1.29 is 14.0 Å². The lowest BCUT2D eigenvalue weighted by atomic mass is 10.1. The Balaban J connectivity index is 2.02. The van der Waals surface area contributed by atoms with Crippen molar-refractivity contribution in [2.75, 3.05) is 5.75 Å². The summed E-state index contributed by atoms with van der Waals surface area (Å²) in [5.74, 6) is 0.729. The van der Waals surface area contributed by atoms with Gasteiger partial charge in [-0.05, 0) is 31.9 Å². The Hall–Kier alpha value is -2.34. The van der Waals surface area contributed by atoms with Crippen LogP contribution in [0.15, 0.2) is 54.6 Å². The number of hydrogen-bond acceptors (Lipinski definition) is 3. The van der Waals surface area contributed by atoms with E-state index in [4.69, 9.17) is 0 Å². The second-order valence-corrected chi connectivity index (χ2v) is 8.50. The van der Waals surface area contributed by atoms with Crippen LogP contribution in [0, 0.1) is 5.82 Å². The molecular weight excluding hydrogens is 399 g/mol. The van der Waals surface area contributed by atoms with Crippen molar-refractivity contribution in [3.8, 4) is 0 Å². The maximum atomic E-state index is 14.2. The molecule has 4 nitrogen and oxygen atoms in total. The zero-order chi connectivity index (χ0) is 21.9. The van der Waals surface area contributed by atoms with Crippen LogP contribution in [0.3, 0.4) is 0 Å². The molecule has 0 saturated carbocycles. The van der Waals surface area contributed by atoms with E-state index in [1.165, 1.54) is 16.5 Å². The Labute approximate surface area is 183 Å². The summed E-state index contributed by atoms with van der Waals surface area (Å²) in [5.41, 5.74) is 1.62. The number of amides is 2. The molecule has 0 heterocycles. The lowest BCUT2D eigenvalue weighted by Crippen LogP contribution is -2.49. The summed E-state index contributed by atoms with van der Waals surface area (Å²) in [6.45, 7) is 5.69. The minimum atomic E-state index is -0.676. The molecule has 0 aromatic heterocycles. The predicted octanol–water partition coefficient (Wildman–Crippen LogP) is 4.78. The third-order valence-corrected chi connectivity index (χ3v) is 6.07. The quantitative estimate of drug-likeness (QED) is 0.522. The van der Waals surface area contributed by atoms with E-state index in [-0.39, 0.29) is 30.2 Å². The van der Waals surface area contributed by atoms with Crippen molar-refractivity contribution in [2.24, 2.45) is 0 Å². The molecule has 2 rings (SSSR count). The van der Waals surface area contributed by atoms with Gasteiger partial charge in [-0.3, -0.25) is 9.59 Å². The molecule has 0 aliphatic heterocycles. The van der Waals surface area contributed by atoms with Crippen molar-refractivity contribution in [1.29, 1.82) is 0 Å². The predicted molar refractivity (Wildman–Crippen MR) is 122 cm³/mol. The summed E-state index contributed by atoms with van der Waals surface area (Å²) >= 11 is 1.67. The van der Waals surface area contributed by atoms with Crippen molar-refractivity contribution in [3.05, 3.63) is 71.5 Å². The monoisotopic (exact) mass is 430 g/mol. The maximum Gasteiger partial charge on any atom is 0.242 e. The summed E-state index contributed by atoms with van der Waals surface area (Å²) in [6.07, 6.45) is 1.10. The molecule has 0 fully saturated rings. The molecule has 2 aromatic rings. The van der Waals surface area contributed by atoms with E-state index in [0.717, 1.165) is 12.2 Å². The maximum absolute atomic E-state index is 14.2. The van der Waals surface area contributed by atoms with Crippen LogP contribution < -0.4 is 5.32 Å². The second-order valence-electron chi connectivity index (χ2n) is 7.40. The summed E-state index contributed by atoms with van der Waals surface area (Å²) in [6, 6.07) is 15.8. The Morgan fingerprint density at radius 3 is 2.40 bits per heavy atom. The van der Waals surface area contributed by atoms with Crippen LogP contribution in [0.5, 0.6) is 0 Å². The highest BCUT2D eigenvalue weighted by Crippen LogP contribution is 2.17. The van der Waals surface area contributed by atoms with Crippen molar-refractivity contribution in [3.63, 3.8) is 0 Å². The van der Waals surface area contributed by atoms with Crippen LogP contribution in [0.2, 0.25) is 0 Å². The zero-order valence-electron chi connectivity index (χ0n) is 17.9. The molecule has 1 N–H and O–H groups in total. The van der Waals surface area contributed by atoms with Gasteiger partial charge >= 0.3 is 0 Å². The molecule has 162 valence electrons. The van der Waals surface area contributed by atoms with Gasteiger partial charge < -0.3 is 10.2 Å². The average molecular weight is 431 g/mol. The van der Waals surface area contributed by atoms with Crippen LogP contribution in [0.4, 0.5) is 4.39 Å². The van der Waals surface area contributed by atoms with Gasteiger partial charge in [-0.15, -0.1) is 0 Å². The summed E-state index contributed by atoms with van der Waals surface area (Å²) in [4.78, 5) is 27.1. The molecule has 2 amide bonds. The molecule has 6 heteroatoms. The van der Waals surface area contributed by atoms with Crippen LogP contribution in [-0.4, -0.2) is 34.6 Å². The first kappa shape index (κ1) is 23.9. The molecule has 0 saturated heterocycles. The molecular formula is C24H31FN2O2S. The number of carbonyl (C=O) groups excluding carboxylic acids is 2. The van der Waals surface area contributed by atoms with Crippen molar-refractivity contribution >= 4 is 23.6 Å². The molecule has 0 radical (unpaired) electrons. The number of rotatable bonds is 11. The minimum absolute atomic E-state index is 0.0202.